The van der Waals surface area contributed by atoms with Gasteiger partial charge in [-0.3, -0.25) is 11.3 Å². The molecule has 0 amide bonds. The third kappa shape index (κ3) is 4.79. The van der Waals surface area contributed by atoms with E-state index >= 15 is 0 Å². The normalized spacial score (nSPS) is 14.4. The minimum atomic E-state index is 0.392. The maximum atomic E-state index is 5.76. The third-order valence-electron chi connectivity index (χ3n) is 3.77. The second-order valence-electron chi connectivity index (χ2n) is 5.28. The van der Waals surface area contributed by atoms with Crippen LogP contribution >= 0.6 is 0 Å². The van der Waals surface area contributed by atoms with Crippen molar-refractivity contribution in [2.45, 2.75) is 58.9 Å². The van der Waals surface area contributed by atoms with Crippen LogP contribution in [0.2, 0.25) is 0 Å². The molecule has 18 heavy (non-hydrogen) atoms. The average Bonchev–Trinajstić information content (AvgIpc) is 2.38. The Balaban J connectivity index is 2.64. The molecular weight excluding hydrogens is 220 g/mol. The van der Waals surface area contributed by atoms with Gasteiger partial charge in [-0.05, 0) is 31.2 Å². The summed E-state index contributed by atoms with van der Waals surface area (Å²) in [5, 5.41) is 0. The largest absolute Gasteiger partial charge is 0.271 e. The number of nitrogens with two attached hydrogens (primary N) is 1. The van der Waals surface area contributed by atoms with Crippen LogP contribution in [0.1, 0.15) is 50.7 Å². The molecule has 0 aromatic heterocycles. The van der Waals surface area contributed by atoms with E-state index in [1.165, 1.54) is 36.8 Å². The number of hydrazine groups is 1. The number of rotatable bonds is 8. The molecule has 1 aromatic rings. The van der Waals surface area contributed by atoms with Gasteiger partial charge in [-0.2, -0.15) is 0 Å². The van der Waals surface area contributed by atoms with E-state index in [9.17, 15) is 0 Å². The van der Waals surface area contributed by atoms with E-state index < -0.39 is 0 Å². The topological polar surface area (TPSA) is 38.0 Å². The second kappa shape index (κ2) is 8.28. The summed E-state index contributed by atoms with van der Waals surface area (Å²) in [4.78, 5) is 0. The predicted molar refractivity (Wildman–Crippen MR) is 79.3 cm³/mol. The van der Waals surface area contributed by atoms with Crippen molar-refractivity contribution in [3.8, 4) is 0 Å². The number of unbranched alkanes of at least 4 members (excludes halogenated alkanes) is 1. The van der Waals surface area contributed by atoms with Gasteiger partial charge in [0.25, 0.3) is 0 Å². The van der Waals surface area contributed by atoms with Gasteiger partial charge in [0.05, 0.1) is 0 Å². The van der Waals surface area contributed by atoms with Crippen molar-refractivity contribution in [1.29, 1.82) is 0 Å². The van der Waals surface area contributed by atoms with Gasteiger partial charge in [0.2, 0.25) is 0 Å². The van der Waals surface area contributed by atoms with Crippen LogP contribution in [-0.2, 0) is 6.42 Å². The van der Waals surface area contributed by atoms with Gasteiger partial charge in [0.1, 0.15) is 0 Å². The van der Waals surface area contributed by atoms with Crippen molar-refractivity contribution in [2.24, 2.45) is 11.8 Å². The molecule has 2 atom stereocenters. The summed E-state index contributed by atoms with van der Waals surface area (Å²) in [5.41, 5.74) is 5.74. The van der Waals surface area contributed by atoms with Crippen LogP contribution in [0.3, 0.4) is 0 Å². The van der Waals surface area contributed by atoms with E-state index in [-0.39, 0.29) is 0 Å². The minimum Gasteiger partial charge on any atom is -0.271 e. The predicted octanol–water partition coefficient (Wildman–Crippen LogP) is 3.59. The highest BCUT2D eigenvalue weighted by atomic mass is 15.2. The van der Waals surface area contributed by atoms with Gasteiger partial charge in [-0.1, -0.05) is 62.9 Å². The number of hydrogen-bond acceptors (Lipinski definition) is 2. The lowest BCUT2D eigenvalue weighted by molar-refractivity contribution is 0.318. The molecule has 1 rings (SSSR count). The maximum Gasteiger partial charge on any atom is 0.0279 e. The summed E-state index contributed by atoms with van der Waals surface area (Å²) in [6.07, 6.45) is 6.05. The Morgan fingerprint density at radius 2 is 2.06 bits per heavy atom. The van der Waals surface area contributed by atoms with Gasteiger partial charge in [-0.25, -0.2) is 0 Å². The fraction of sp³-hybridized carbons (Fsp3) is 0.625. The fourth-order valence-electron chi connectivity index (χ4n) is 2.61. The quantitative estimate of drug-likeness (QED) is 0.545. The summed E-state index contributed by atoms with van der Waals surface area (Å²) >= 11 is 0. The number of benzene rings is 1. The summed E-state index contributed by atoms with van der Waals surface area (Å²) in [7, 11) is 0. The highest BCUT2D eigenvalue weighted by Gasteiger charge is 2.18. The van der Waals surface area contributed by atoms with E-state index in [0.29, 0.717) is 12.0 Å². The Hall–Kier alpha value is -0.860. The van der Waals surface area contributed by atoms with Gasteiger partial charge in [0.15, 0.2) is 0 Å². The molecule has 0 bridgehead atoms. The van der Waals surface area contributed by atoms with Crippen LogP contribution in [0, 0.1) is 12.8 Å². The van der Waals surface area contributed by atoms with E-state index in [1.807, 2.05) is 0 Å². The molecule has 2 heteroatoms. The van der Waals surface area contributed by atoms with Crippen molar-refractivity contribution in [1.82, 2.24) is 5.43 Å². The second-order valence-corrected chi connectivity index (χ2v) is 5.28. The Morgan fingerprint density at radius 1 is 1.28 bits per heavy atom. The Kier molecular flexibility index (Phi) is 6.99. The first kappa shape index (κ1) is 15.2. The SMILES string of the molecule is CCCCC(CC)C(Cc1cccc(C)c1)NN. The molecule has 1 aromatic carbocycles. The maximum absolute atomic E-state index is 5.76. The number of hydrogen-bond donors (Lipinski definition) is 2. The Morgan fingerprint density at radius 3 is 2.61 bits per heavy atom. The molecule has 102 valence electrons. The Bertz CT molecular complexity index is 336. The van der Waals surface area contributed by atoms with Gasteiger partial charge >= 0.3 is 0 Å². The highest BCUT2D eigenvalue weighted by molar-refractivity contribution is 5.23. The van der Waals surface area contributed by atoms with E-state index in [1.54, 1.807) is 0 Å². The zero-order valence-electron chi connectivity index (χ0n) is 12.1. The molecule has 0 saturated carbocycles. The van der Waals surface area contributed by atoms with Gasteiger partial charge < -0.3 is 0 Å². The van der Waals surface area contributed by atoms with E-state index in [2.05, 4.69) is 50.5 Å². The molecule has 0 aliphatic carbocycles. The van der Waals surface area contributed by atoms with Crippen molar-refractivity contribution < 1.29 is 0 Å². The molecule has 2 nitrogen and oxygen atoms in total. The third-order valence-corrected chi connectivity index (χ3v) is 3.77. The molecule has 0 aliphatic heterocycles. The van der Waals surface area contributed by atoms with Gasteiger partial charge in [0, 0.05) is 6.04 Å². The molecular formula is C16H28N2. The molecule has 2 unspecified atom stereocenters. The lowest BCUT2D eigenvalue weighted by Gasteiger charge is -2.26. The molecule has 0 heterocycles. The fourth-order valence-corrected chi connectivity index (χ4v) is 2.61. The van der Waals surface area contributed by atoms with Crippen molar-refractivity contribution in [3.63, 3.8) is 0 Å². The van der Waals surface area contributed by atoms with Gasteiger partial charge in [-0.15, -0.1) is 0 Å². The molecule has 0 spiro atoms. The summed E-state index contributed by atoms with van der Waals surface area (Å²) in [6.45, 7) is 6.65. The van der Waals surface area contributed by atoms with Crippen LogP contribution in [0.25, 0.3) is 0 Å². The van der Waals surface area contributed by atoms with E-state index in [0.717, 1.165) is 6.42 Å². The minimum absolute atomic E-state index is 0.392. The van der Waals surface area contributed by atoms with Crippen LogP contribution in [-0.4, -0.2) is 6.04 Å². The molecule has 0 saturated heterocycles. The highest BCUT2D eigenvalue weighted by Crippen LogP contribution is 2.20. The lowest BCUT2D eigenvalue weighted by atomic mass is 9.87. The molecule has 0 fully saturated rings. The summed E-state index contributed by atoms with van der Waals surface area (Å²) in [5.74, 6) is 6.43. The summed E-state index contributed by atoms with van der Waals surface area (Å²) < 4.78 is 0. The van der Waals surface area contributed by atoms with Crippen molar-refractivity contribution in [2.75, 3.05) is 0 Å². The van der Waals surface area contributed by atoms with Crippen molar-refractivity contribution >= 4 is 0 Å². The smallest absolute Gasteiger partial charge is 0.0279 e. The van der Waals surface area contributed by atoms with Crippen LogP contribution < -0.4 is 11.3 Å². The molecule has 0 radical (unpaired) electrons. The Labute approximate surface area is 112 Å². The van der Waals surface area contributed by atoms with Crippen molar-refractivity contribution in [3.05, 3.63) is 35.4 Å². The van der Waals surface area contributed by atoms with Crippen LogP contribution in [0.15, 0.2) is 24.3 Å². The first-order valence-electron chi connectivity index (χ1n) is 7.22. The zero-order chi connectivity index (χ0) is 13.4. The number of aryl methyl sites for hydroxylation is 1. The number of nitrogens with one attached hydrogen (secondary N) is 1. The zero-order valence-corrected chi connectivity index (χ0v) is 12.1. The summed E-state index contributed by atoms with van der Waals surface area (Å²) in [6, 6.07) is 9.12. The first-order valence-corrected chi connectivity index (χ1v) is 7.22. The lowest BCUT2D eigenvalue weighted by Crippen LogP contribution is -2.42. The first-order chi connectivity index (χ1) is 8.71. The molecule has 3 N–H and O–H groups in total. The van der Waals surface area contributed by atoms with Crippen LogP contribution in [0.4, 0.5) is 0 Å². The monoisotopic (exact) mass is 248 g/mol. The van der Waals surface area contributed by atoms with E-state index in [4.69, 9.17) is 5.84 Å². The average molecular weight is 248 g/mol. The standard InChI is InChI=1S/C16H28N2/c1-4-6-10-15(5-2)16(18-17)12-14-9-7-8-13(3)11-14/h7-9,11,15-16,18H,4-6,10,12,17H2,1-3H3. The molecule has 0 aliphatic rings. The van der Waals surface area contributed by atoms with Crippen LogP contribution in [0.5, 0.6) is 0 Å².